The van der Waals surface area contributed by atoms with Gasteiger partial charge in [-0.1, -0.05) is 79.0 Å². The van der Waals surface area contributed by atoms with Gasteiger partial charge in [-0.15, -0.1) is 5.92 Å². The van der Waals surface area contributed by atoms with Crippen molar-refractivity contribution in [3.63, 3.8) is 0 Å². The van der Waals surface area contributed by atoms with Gasteiger partial charge in [0.15, 0.2) is 0 Å². The van der Waals surface area contributed by atoms with Crippen molar-refractivity contribution >= 4 is 6.15 Å². The third kappa shape index (κ3) is 4.72. The fourth-order valence-electron chi connectivity index (χ4n) is 4.01. The first kappa shape index (κ1) is 21.4. The van der Waals surface area contributed by atoms with Crippen LogP contribution in [0.3, 0.4) is 0 Å². The summed E-state index contributed by atoms with van der Waals surface area (Å²) in [6.07, 6.45) is 2.98. The van der Waals surface area contributed by atoms with Gasteiger partial charge in [0, 0.05) is 5.56 Å². The molecule has 0 nitrogen and oxygen atoms in total. The van der Waals surface area contributed by atoms with Crippen LogP contribution in [0.4, 0.5) is 0 Å². The maximum absolute atomic E-state index is 3.81. The topological polar surface area (TPSA) is 0 Å². The van der Waals surface area contributed by atoms with Crippen LogP contribution in [-0.2, 0) is 0 Å². The second-order valence-corrected chi connectivity index (χ2v) is 6.87. The van der Waals surface area contributed by atoms with E-state index in [1.165, 1.54) is 19.3 Å². The van der Waals surface area contributed by atoms with Crippen LogP contribution in [0.25, 0.3) is 0 Å². The second-order valence-electron chi connectivity index (χ2n) is 6.87. The van der Waals surface area contributed by atoms with Gasteiger partial charge < -0.3 is 5.82 Å². The van der Waals surface area contributed by atoms with E-state index < -0.39 is 6.15 Å². The molecule has 0 aliphatic rings. The molecule has 0 aliphatic carbocycles. The number of hydrogen-bond acceptors (Lipinski definition) is 0. The predicted octanol–water partition coefficient (Wildman–Crippen LogP) is 3.43. The molecule has 0 amide bonds. The molecule has 3 atom stereocenters. The van der Waals surface area contributed by atoms with Crippen LogP contribution in [0.5, 0.6) is 0 Å². The molecule has 1 aromatic rings. The molecule has 116 valence electrons. The van der Waals surface area contributed by atoms with Crippen molar-refractivity contribution < 1.29 is 18.9 Å². The van der Waals surface area contributed by atoms with Crippen LogP contribution in [0.1, 0.15) is 66.4 Å². The van der Waals surface area contributed by atoms with E-state index in [0.29, 0.717) is 17.5 Å². The summed E-state index contributed by atoms with van der Waals surface area (Å²) in [5.74, 6) is 9.38. The zero-order valence-corrected chi connectivity index (χ0v) is 15.8. The zero-order valence-electron chi connectivity index (χ0n) is 15.8. The Morgan fingerprint density at radius 1 is 0.818 bits per heavy atom. The molecular formula is C20H32BLi. The molecule has 0 aromatic heterocycles. The van der Waals surface area contributed by atoms with Gasteiger partial charge in [0.1, 0.15) is 0 Å². The summed E-state index contributed by atoms with van der Waals surface area (Å²) in [6, 6.07) is 10.5. The van der Waals surface area contributed by atoms with Gasteiger partial charge in [0.25, 0.3) is 0 Å². The van der Waals surface area contributed by atoms with Gasteiger partial charge in [-0.3, -0.25) is 0 Å². The van der Waals surface area contributed by atoms with Crippen LogP contribution in [0.2, 0.25) is 17.5 Å². The zero-order chi connectivity index (χ0) is 15.9. The summed E-state index contributed by atoms with van der Waals surface area (Å²) in [6.45, 7) is 14.2. The Balaban J connectivity index is 0.00000441. The summed E-state index contributed by atoms with van der Waals surface area (Å²) in [4.78, 5) is 0. The van der Waals surface area contributed by atoms with Crippen LogP contribution < -0.4 is 18.9 Å². The first-order valence-electron chi connectivity index (χ1n) is 8.78. The second kappa shape index (κ2) is 10.3. The third-order valence-corrected chi connectivity index (χ3v) is 6.00. The molecule has 0 radical (unpaired) electrons. The fraction of sp³-hybridized carbons (Fsp3) is 0.600. The molecule has 2 heteroatoms. The molecule has 0 N–H and O–H groups in total. The molecule has 0 spiro atoms. The standard InChI is InChI=1S/C20H32B.Li/c1-7-17(4)21(18(5)8-2,19(6)9-3)16-15-20-13-11-10-12-14-20;/h10-14,17-19H,7-9H2,1-6H3;/q-1;+1. The normalized spacial score (nSPS) is 17.2. The molecule has 0 saturated heterocycles. The Bertz CT molecular complexity index is 445. The van der Waals surface area contributed by atoms with Crippen LogP contribution in [0, 0.1) is 11.7 Å². The summed E-state index contributed by atoms with van der Waals surface area (Å²) >= 11 is 0. The molecule has 1 rings (SSSR count). The summed E-state index contributed by atoms with van der Waals surface area (Å²) < 4.78 is 0. The Kier molecular flexibility index (Phi) is 10.0. The summed E-state index contributed by atoms with van der Waals surface area (Å²) in [5.41, 5.74) is 1.15. The van der Waals surface area contributed by atoms with Gasteiger partial charge in [-0.25, -0.2) is 0 Å². The Morgan fingerprint density at radius 3 is 1.59 bits per heavy atom. The molecule has 0 heterocycles. The van der Waals surface area contributed by atoms with Gasteiger partial charge in [-0.05, 0) is 12.1 Å². The van der Waals surface area contributed by atoms with Crippen LogP contribution in [0.15, 0.2) is 30.3 Å². The molecule has 0 bridgehead atoms. The van der Waals surface area contributed by atoms with Gasteiger partial charge in [0.05, 0.1) is 6.15 Å². The Morgan fingerprint density at radius 2 is 1.23 bits per heavy atom. The minimum atomic E-state index is -0.677. The van der Waals surface area contributed by atoms with E-state index in [0.717, 1.165) is 5.56 Å². The summed E-state index contributed by atoms with van der Waals surface area (Å²) in [5, 5.41) is 0. The first-order chi connectivity index (χ1) is 10.0. The Labute approximate surface area is 150 Å². The van der Waals surface area contributed by atoms with Crippen molar-refractivity contribution in [1.29, 1.82) is 0 Å². The van der Waals surface area contributed by atoms with E-state index in [2.05, 4.69) is 83.6 Å². The monoisotopic (exact) mass is 290 g/mol. The summed E-state index contributed by atoms with van der Waals surface area (Å²) in [7, 11) is 0. The van der Waals surface area contributed by atoms with E-state index >= 15 is 0 Å². The van der Waals surface area contributed by atoms with E-state index in [1.54, 1.807) is 0 Å². The molecule has 1 aromatic carbocycles. The average molecular weight is 290 g/mol. The third-order valence-electron chi connectivity index (χ3n) is 6.00. The van der Waals surface area contributed by atoms with Gasteiger partial charge in [0.2, 0.25) is 0 Å². The van der Waals surface area contributed by atoms with Gasteiger partial charge >= 0.3 is 18.9 Å². The molecular weight excluding hydrogens is 258 g/mol. The number of benzene rings is 1. The average Bonchev–Trinajstić information content (AvgIpc) is 2.54. The van der Waals surface area contributed by atoms with Crippen molar-refractivity contribution in [3.8, 4) is 11.7 Å². The fourth-order valence-corrected chi connectivity index (χ4v) is 4.01. The van der Waals surface area contributed by atoms with Crippen LogP contribution >= 0.6 is 0 Å². The minimum absolute atomic E-state index is 0. The van der Waals surface area contributed by atoms with Crippen molar-refractivity contribution in [2.75, 3.05) is 0 Å². The maximum atomic E-state index is 3.81. The largest absolute Gasteiger partial charge is 1.00 e. The van der Waals surface area contributed by atoms with Crippen molar-refractivity contribution in [1.82, 2.24) is 0 Å². The quantitative estimate of drug-likeness (QED) is 0.556. The SMILES string of the molecule is CCC(C)[B-](C#Cc1ccccc1)(C(C)CC)C(C)CC.[Li+]. The molecule has 3 unspecified atom stereocenters. The van der Waals surface area contributed by atoms with Crippen LogP contribution in [-0.4, -0.2) is 6.15 Å². The predicted molar refractivity (Wildman–Crippen MR) is 98.2 cm³/mol. The van der Waals surface area contributed by atoms with Crippen molar-refractivity contribution in [3.05, 3.63) is 35.9 Å². The van der Waals surface area contributed by atoms with E-state index in [-0.39, 0.29) is 18.9 Å². The minimum Gasteiger partial charge on any atom is -0.309 e. The number of hydrogen-bond donors (Lipinski definition) is 0. The number of rotatable bonds is 6. The molecule has 0 fully saturated rings. The van der Waals surface area contributed by atoms with E-state index in [1.807, 2.05) is 0 Å². The van der Waals surface area contributed by atoms with E-state index in [9.17, 15) is 0 Å². The van der Waals surface area contributed by atoms with Crippen molar-refractivity contribution in [2.24, 2.45) is 0 Å². The smallest absolute Gasteiger partial charge is 0.309 e. The molecule has 0 saturated carbocycles. The molecule has 22 heavy (non-hydrogen) atoms. The maximum Gasteiger partial charge on any atom is 1.00 e. The van der Waals surface area contributed by atoms with Crippen molar-refractivity contribution in [2.45, 2.75) is 78.3 Å². The Hall–Kier alpha value is -0.558. The first-order valence-corrected chi connectivity index (χ1v) is 8.78. The molecule has 0 aliphatic heterocycles. The van der Waals surface area contributed by atoms with Gasteiger partial charge in [-0.2, -0.15) is 17.5 Å². The van der Waals surface area contributed by atoms with E-state index in [4.69, 9.17) is 0 Å².